The molecule has 0 saturated carbocycles. The second kappa shape index (κ2) is 9.19. The monoisotopic (exact) mass is 240 g/mol. The van der Waals surface area contributed by atoms with Gasteiger partial charge in [0.15, 0.2) is 5.89 Å². The normalized spacial score (nSPS) is 10.9. The van der Waals surface area contributed by atoms with Gasteiger partial charge in [-0.1, -0.05) is 13.8 Å². The highest BCUT2D eigenvalue weighted by Gasteiger charge is 2.03. The summed E-state index contributed by atoms with van der Waals surface area (Å²) in [5, 5.41) is 3.36. The molecule has 0 amide bonds. The first kappa shape index (κ1) is 14.2. The Balaban J connectivity index is 2.12. The van der Waals surface area contributed by atoms with Gasteiger partial charge in [0, 0.05) is 13.0 Å². The Morgan fingerprint density at radius 2 is 2.18 bits per heavy atom. The Morgan fingerprint density at radius 1 is 1.29 bits per heavy atom. The van der Waals surface area contributed by atoms with Gasteiger partial charge in [0.1, 0.15) is 12.4 Å². The number of oxazole rings is 1. The molecule has 1 N–H and O–H groups in total. The predicted molar refractivity (Wildman–Crippen MR) is 67.9 cm³/mol. The Kier molecular flexibility index (Phi) is 7.67. The SMILES string of the molecule is CCCNCCCc1ncc(COCCC)o1. The molecule has 4 heteroatoms. The fraction of sp³-hybridized carbons (Fsp3) is 0.769. The van der Waals surface area contributed by atoms with Crippen LogP contribution in [0.25, 0.3) is 0 Å². The number of nitrogens with one attached hydrogen (secondary N) is 1. The van der Waals surface area contributed by atoms with Gasteiger partial charge in [0.2, 0.25) is 0 Å². The molecule has 1 aromatic heterocycles. The molecule has 0 aliphatic rings. The summed E-state index contributed by atoms with van der Waals surface area (Å²) in [5.41, 5.74) is 0. The zero-order valence-corrected chi connectivity index (χ0v) is 11.0. The fourth-order valence-corrected chi connectivity index (χ4v) is 1.51. The quantitative estimate of drug-likeness (QED) is 0.638. The van der Waals surface area contributed by atoms with Crippen LogP contribution in [0.1, 0.15) is 44.8 Å². The van der Waals surface area contributed by atoms with Crippen LogP contribution in [0.2, 0.25) is 0 Å². The lowest BCUT2D eigenvalue weighted by Gasteiger charge is -2.00. The van der Waals surface area contributed by atoms with E-state index in [9.17, 15) is 0 Å². The van der Waals surface area contributed by atoms with Crippen LogP contribution in [-0.2, 0) is 17.8 Å². The molecule has 0 aliphatic carbocycles. The molecular formula is C13H24N2O2. The second-order valence-electron chi connectivity index (χ2n) is 4.13. The largest absolute Gasteiger partial charge is 0.443 e. The molecular weight excluding hydrogens is 216 g/mol. The third kappa shape index (κ3) is 6.44. The molecule has 1 aromatic rings. The number of hydrogen-bond acceptors (Lipinski definition) is 4. The van der Waals surface area contributed by atoms with Gasteiger partial charge in [-0.3, -0.25) is 0 Å². The first-order valence-corrected chi connectivity index (χ1v) is 6.58. The highest BCUT2D eigenvalue weighted by Crippen LogP contribution is 2.07. The fourth-order valence-electron chi connectivity index (χ4n) is 1.51. The summed E-state index contributed by atoms with van der Waals surface area (Å²) >= 11 is 0. The van der Waals surface area contributed by atoms with Gasteiger partial charge in [-0.05, 0) is 32.4 Å². The highest BCUT2D eigenvalue weighted by atomic mass is 16.5. The van der Waals surface area contributed by atoms with Gasteiger partial charge in [0.05, 0.1) is 6.20 Å². The predicted octanol–water partition coefficient (Wildman–Crippen LogP) is 2.53. The Hall–Kier alpha value is -0.870. The lowest BCUT2D eigenvalue weighted by molar-refractivity contribution is 0.106. The summed E-state index contributed by atoms with van der Waals surface area (Å²) < 4.78 is 11.0. The third-order valence-electron chi connectivity index (χ3n) is 2.37. The van der Waals surface area contributed by atoms with Gasteiger partial charge in [-0.25, -0.2) is 4.98 Å². The van der Waals surface area contributed by atoms with Gasteiger partial charge in [-0.15, -0.1) is 0 Å². The van der Waals surface area contributed by atoms with Crippen molar-refractivity contribution in [3.05, 3.63) is 17.8 Å². The summed E-state index contributed by atoms with van der Waals surface area (Å²) in [6.45, 7) is 7.68. The summed E-state index contributed by atoms with van der Waals surface area (Å²) in [7, 11) is 0. The molecule has 98 valence electrons. The van der Waals surface area contributed by atoms with Gasteiger partial charge in [-0.2, -0.15) is 0 Å². The Bertz CT molecular complexity index is 287. The van der Waals surface area contributed by atoms with Crippen molar-refractivity contribution < 1.29 is 9.15 Å². The molecule has 0 saturated heterocycles. The number of aromatic nitrogens is 1. The Morgan fingerprint density at radius 3 is 2.94 bits per heavy atom. The maximum atomic E-state index is 5.57. The maximum Gasteiger partial charge on any atom is 0.194 e. The van der Waals surface area contributed by atoms with Crippen LogP contribution in [0.3, 0.4) is 0 Å². The molecule has 1 rings (SSSR count). The summed E-state index contributed by atoms with van der Waals surface area (Å²) in [5.74, 6) is 1.65. The van der Waals surface area contributed by atoms with E-state index in [0.717, 1.165) is 50.6 Å². The summed E-state index contributed by atoms with van der Waals surface area (Å²) in [6, 6.07) is 0. The van der Waals surface area contributed by atoms with E-state index in [1.54, 1.807) is 6.20 Å². The number of rotatable bonds is 10. The molecule has 4 nitrogen and oxygen atoms in total. The zero-order valence-electron chi connectivity index (χ0n) is 11.0. The molecule has 1 heterocycles. The average molecular weight is 240 g/mol. The number of hydrogen-bond donors (Lipinski definition) is 1. The van der Waals surface area contributed by atoms with E-state index in [1.165, 1.54) is 6.42 Å². The first-order chi connectivity index (χ1) is 8.36. The molecule has 0 aromatic carbocycles. The van der Waals surface area contributed by atoms with E-state index < -0.39 is 0 Å². The van der Waals surface area contributed by atoms with Gasteiger partial charge in [0.25, 0.3) is 0 Å². The van der Waals surface area contributed by atoms with E-state index in [4.69, 9.17) is 9.15 Å². The van der Waals surface area contributed by atoms with E-state index in [2.05, 4.69) is 24.1 Å². The molecule has 0 spiro atoms. The number of aryl methyl sites for hydroxylation is 1. The van der Waals surface area contributed by atoms with Crippen molar-refractivity contribution in [1.29, 1.82) is 0 Å². The van der Waals surface area contributed by atoms with E-state index in [0.29, 0.717) is 6.61 Å². The first-order valence-electron chi connectivity index (χ1n) is 6.58. The minimum atomic E-state index is 0.537. The standard InChI is InChI=1S/C13H24N2O2/c1-3-7-14-8-5-6-13-15-10-12(17-13)11-16-9-4-2/h10,14H,3-9,11H2,1-2H3. The minimum absolute atomic E-state index is 0.537. The molecule has 0 bridgehead atoms. The average Bonchev–Trinajstić information content (AvgIpc) is 2.77. The molecule has 0 atom stereocenters. The Labute approximate surface area is 104 Å². The molecule has 17 heavy (non-hydrogen) atoms. The van der Waals surface area contributed by atoms with E-state index in [-0.39, 0.29) is 0 Å². The van der Waals surface area contributed by atoms with Crippen LogP contribution in [0.4, 0.5) is 0 Å². The zero-order chi connectivity index (χ0) is 12.3. The van der Waals surface area contributed by atoms with Crippen molar-refractivity contribution in [2.24, 2.45) is 0 Å². The van der Waals surface area contributed by atoms with Crippen molar-refractivity contribution in [2.75, 3.05) is 19.7 Å². The van der Waals surface area contributed by atoms with Crippen molar-refractivity contribution >= 4 is 0 Å². The van der Waals surface area contributed by atoms with E-state index in [1.807, 2.05) is 0 Å². The molecule has 0 unspecified atom stereocenters. The molecule has 0 aliphatic heterocycles. The lowest BCUT2D eigenvalue weighted by Crippen LogP contribution is -2.16. The number of ether oxygens (including phenoxy) is 1. The van der Waals surface area contributed by atoms with Crippen molar-refractivity contribution in [3.63, 3.8) is 0 Å². The summed E-state index contributed by atoms with van der Waals surface area (Å²) in [6.07, 6.45) is 5.94. The maximum absolute atomic E-state index is 5.57. The van der Waals surface area contributed by atoms with Crippen molar-refractivity contribution in [1.82, 2.24) is 10.3 Å². The number of nitrogens with zero attached hydrogens (tertiary/aromatic N) is 1. The van der Waals surface area contributed by atoms with Gasteiger partial charge >= 0.3 is 0 Å². The van der Waals surface area contributed by atoms with Crippen molar-refractivity contribution in [2.45, 2.75) is 46.1 Å². The topological polar surface area (TPSA) is 47.3 Å². The van der Waals surface area contributed by atoms with Crippen LogP contribution >= 0.6 is 0 Å². The third-order valence-corrected chi connectivity index (χ3v) is 2.37. The lowest BCUT2D eigenvalue weighted by atomic mass is 10.3. The summed E-state index contributed by atoms with van der Waals surface area (Å²) in [4.78, 5) is 4.24. The minimum Gasteiger partial charge on any atom is -0.443 e. The van der Waals surface area contributed by atoms with Crippen molar-refractivity contribution in [3.8, 4) is 0 Å². The van der Waals surface area contributed by atoms with Crippen LogP contribution in [0.5, 0.6) is 0 Å². The van der Waals surface area contributed by atoms with Crippen LogP contribution in [0, 0.1) is 0 Å². The second-order valence-corrected chi connectivity index (χ2v) is 4.13. The molecule has 0 radical (unpaired) electrons. The van der Waals surface area contributed by atoms with Gasteiger partial charge < -0.3 is 14.5 Å². The molecule has 0 fully saturated rings. The van der Waals surface area contributed by atoms with Crippen LogP contribution in [0.15, 0.2) is 10.6 Å². The van der Waals surface area contributed by atoms with E-state index >= 15 is 0 Å². The smallest absolute Gasteiger partial charge is 0.194 e. The van der Waals surface area contributed by atoms with Crippen LogP contribution < -0.4 is 5.32 Å². The van der Waals surface area contributed by atoms with Crippen LogP contribution in [-0.4, -0.2) is 24.7 Å². The highest BCUT2D eigenvalue weighted by molar-refractivity contribution is 4.92.